The number of nitrogens with zero attached hydrogens (tertiary/aromatic N) is 2. The molecule has 0 bridgehead atoms. The highest BCUT2D eigenvalue weighted by atomic mass is 16.2. The minimum Gasteiger partial charge on any atom is -0.277 e. The van der Waals surface area contributed by atoms with Crippen molar-refractivity contribution >= 4 is 21.5 Å². The summed E-state index contributed by atoms with van der Waals surface area (Å²) in [5.41, 5.74) is -1.81. The minimum atomic E-state index is -0.451. The summed E-state index contributed by atoms with van der Waals surface area (Å²) in [5, 5.41) is 0.714. The first kappa shape index (κ1) is 21.5. The second-order valence-electron chi connectivity index (χ2n) is 4.28. The van der Waals surface area contributed by atoms with E-state index < -0.39 is 22.2 Å². The molecule has 3 aromatic rings. The Hall–Kier alpha value is -2.50. The van der Waals surface area contributed by atoms with Gasteiger partial charge in [-0.1, -0.05) is 41.5 Å². The summed E-state index contributed by atoms with van der Waals surface area (Å²) < 4.78 is 1.94. The van der Waals surface area contributed by atoms with Crippen LogP contribution in [0.4, 0.5) is 0 Å². The van der Waals surface area contributed by atoms with Crippen molar-refractivity contribution in [3.63, 3.8) is 0 Å². The highest BCUT2D eigenvalue weighted by Crippen LogP contribution is 2.13. The van der Waals surface area contributed by atoms with E-state index in [1.54, 1.807) is 0 Å². The molecule has 0 amide bonds. The van der Waals surface area contributed by atoms with Gasteiger partial charge in [0, 0.05) is 14.1 Å². The number of hydrogen-bond acceptors (Lipinski definition) is 4. The smallest absolute Gasteiger partial charge is 0.261 e. The fourth-order valence-electron chi connectivity index (χ4n) is 2.21. The van der Waals surface area contributed by atoms with E-state index >= 15 is 0 Å². The fraction of sp³-hybridized carbons (Fsp3) is 0.444. The van der Waals surface area contributed by atoms with Gasteiger partial charge in [0.2, 0.25) is 0 Å². The Morgan fingerprint density at radius 1 is 0.500 bits per heavy atom. The van der Waals surface area contributed by atoms with Gasteiger partial charge in [0.1, 0.15) is 0 Å². The zero-order chi connectivity index (χ0) is 19.2. The lowest BCUT2D eigenvalue weighted by Gasteiger charge is -1.86. The molecule has 0 aliphatic heterocycles. The van der Waals surface area contributed by atoms with Gasteiger partial charge >= 0.3 is 0 Å². The maximum Gasteiger partial charge on any atom is 0.261 e. The molecular weight excluding hydrogens is 308 g/mol. The summed E-state index contributed by atoms with van der Waals surface area (Å²) in [4.78, 5) is 47.1. The number of fused-ring (bicyclic) bond motifs is 2. The fourth-order valence-corrected chi connectivity index (χ4v) is 2.21. The Kier molecular flexibility index (Phi) is 8.02. The summed E-state index contributed by atoms with van der Waals surface area (Å²) in [5.74, 6) is 0. The van der Waals surface area contributed by atoms with E-state index in [0.29, 0.717) is 0 Å². The van der Waals surface area contributed by atoms with Crippen molar-refractivity contribution in [2.24, 2.45) is 14.1 Å². The van der Waals surface area contributed by atoms with Gasteiger partial charge in [0.25, 0.3) is 22.2 Å². The molecular formula is C18H26N2O4. The van der Waals surface area contributed by atoms with E-state index in [9.17, 15) is 19.2 Å². The molecule has 1 aromatic carbocycles. The molecule has 0 saturated carbocycles. The molecule has 0 fully saturated rings. The van der Waals surface area contributed by atoms with Crippen molar-refractivity contribution in [3.05, 3.63) is 53.5 Å². The molecule has 0 unspecified atom stereocenters. The maximum absolute atomic E-state index is 11.8. The summed E-state index contributed by atoms with van der Waals surface area (Å²) in [6.07, 6.45) is 0. The van der Waals surface area contributed by atoms with Gasteiger partial charge in [-0.05, 0) is 12.1 Å². The Balaban J connectivity index is 0.000000798. The molecule has 0 atom stereocenters. The van der Waals surface area contributed by atoms with Crippen LogP contribution in [0.25, 0.3) is 21.5 Å². The molecule has 0 saturated heterocycles. The van der Waals surface area contributed by atoms with Gasteiger partial charge in [0.05, 0.1) is 21.5 Å². The van der Waals surface area contributed by atoms with Gasteiger partial charge < -0.3 is 0 Å². The largest absolute Gasteiger partial charge is 0.277 e. The third-order valence-electron chi connectivity index (χ3n) is 3.30. The molecule has 0 N–H and O–H groups in total. The predicted molar refractivity (Wildman–Crippen MR) is 101 cm³/mol. The molecule has 0 radical (unpaired) electrons. The lowest BCUT2D eigenvalue weighted by molar-refractivity contribution is 0.854. The molecule has 0 aliphatic carbocycles. The molecule has 3 rings (SSSR count). The monoisotopic (exact) mass is 334 g/mol. The Morgan fingerprint density at radius 2 is 0.667 bits per heavy atom. The highest BCUT2D eigenvalue weighted by molar-refractivity contribution is 5.97. The van der Waals surface area contributed by atoms with E-state index in [0.717, 1.165) is 9.13 Å². The zero-order valence-corrected chi connectivity index (χ0v) is 15.7. The molecule has 132 valence electrons. The van der Waals surface area contributed by atoms with E-state index in [1.165, 1.54) is 26.2 Å². The second-order valence-corrected chi connectivity index (χ2v) is 4.28. The highest BCUT2D eigenvalue weighted by Gasteiger charge is 2.16. The van der Waals surface area contributed by atoms with Crippen LogP contribution in [0.2, 0.25) is 0 Å². The van der Waals surface area contributed by atoms with E-state index in [-0.39, 0.29) is 21.5 Å². The Bertz CT molecular complexity index is 857. The van der Waals surface area contributed by atoms with Crippen molar-refractivity contribution in [2.75, 3.05) is 0 Å². The number of aromatic nitrogens is 2. The van der Waals surface area contributed by atoms with Crippen LogP contribution in [0.5, 0.6) is 0 Å². The van der Waals surface area contributed by atoms with Crippen LogP contribution in [0.15, 0.2) is 31.3 Å². The van der Waals surface area contributed by atoms with Gasteiger partial charge in [-0.25, -0.2) is 0 Å². The summed E-state index contributed by atoms with van der Waals surface area (Å²) >= 11 is 0. The van der Waals surface area contributed by atoms with Gasteiger partial charge in [-0.15, -0.1) is 0 Å². The lowest BCUT2D eigenvalue weighted by Crippen LogP contribution is -2.21. The van der Waals surface area contributed by atoms with Crippen molar-refractivity contribution in [1.82, 2.24) is 9.13 Å². The van der Waals surface area contributed by atoms with Gasteiger partial charge in [-0.3, -0.25) is 28.3 Å². The first-order chi connectivity index (χ1) is 11.4. The quantitative estimate of drug-likeness (QED) is 0.630. The molecule has 0 aliphatic rings. The van der Waals surface area contributed by atoms with Crippen molar-refractivity contribution in [3.8, 4) is 0 Å². The number of rotatable bonds is 0. The Morgan fingerprint density at radius 3 is 0.833 bits per heavy atom. The first-order valence-corrected chi connectivity index (χ1v) is 8.26. The molecule has 6 heteroatoms. The van der Waals surface area contributed by atoms with Crippen molar-refractivity contribution in [1.29, 1.82) is 0 Å². The van der Waals surface area contributed by atoms with Crippen molar-refractivity contribution < 1.29 is 0 Å². The molecule has 24 heavy (non-hydrogen) atoms. The van der Waals surface area contributed by atoms with Crippen LogP contribution in [-0.4, -0.2) is 9.13 Å². The van der Waals surface area contributed by atoms with Crippen LogP contribution in [0.1, 0.15) is 41.5 Å². The average molecular weight is 334 g/mol. The first-order valence-electron chi connectivity index (χ1n) is 8.26. The SMILES string of the molecule is CC.CC.CC.Cn1c(=O)c2cc3c(=O)n(C)c(=O)c3cc2c1=O. The lowest BCUT2D eigenvalue weighted by atomic mass is 10.1. The number of hydrogen-bond donors (Lipinski definition) is 0. The average Bonchev–Trinajstić information content (AvgIpc) is 3.00. The van der Waals surface area contributed by atoms with Gasteiger partial charge in [-0.2, -0.15) is 0 Å². The summed E-state index contributed by atoms with van der Waals surface area (Å²) in [7, 11) is 2.73. The van der Waals surface area contributed by atoms with E-state index in [1.807, 2.05) is 41.5 Å². The molecule has 0 spiro atoms. The topological polar surface area (TPSA) is 78.1 Å². The van der Waals surface area contributed by atoms with E-state index in [4.69, 9.17) is 0 Å². The van der Waals surface area contributed by atoms with Crippen LogP contribution in [-0.2, 0) is 14.1 Å². The predicted octanol–water partition coefficient (Wildman–Crippen LogP) is 2.07. The third kappa shape index (κ3) is 3.22. The maximum atomic E-state index is 11.8. The zero-order valence-electron chi connectivity index (χ0n) is 15.7. The minimum absolute atomic E-state index is 0.178. The van der Waals surface area contributed by atoms with Crippen LogP contribution < -0.4 is 22.2 Å². The van der Waals surface area contributed by atoms with E-state index in [2.05, 4.69) is 0 Å². The van der Waals surface area contributed by atoms with Crippen molar-refractivity contribution in [2.45, 2.75) is 41.5 Å². The van der Waals surface area contributed by atoms with Crippen LogP contribution in [0, 0.1) is 0 Å². The van der Waals surface area contributed by atoms with Crippen LogP contribution in [0.3, 0.4) is 0 Å². The normalized spacial score (nSPS) is 9.50. The third-order valence-corrected chi connectivity index (χ3v) is 3.30. The summed E-state index contributed by atoms with van der Waals surface area (Å²) in [6, 6.07) is 2.66. The summed E-state index contributed by atoms with van der Waals surface area (Å²) in [6.45, 7) is 12.0. The number of benzene rings is 1. The molecule has 2 aromatic heterocycles. The van der Waals surface area contributed by atoms with Crippen LogP contribution >= 0.6 is 0 Å². The van der Waals surface area contributed by atoms with Gasteiger partial charge in [0.15, 0.2) is 0 Å². The standard InChI is InChI=1S/C12H8N2O4.3C2H6/c1-13-9(15)5-3-7-8(4-6(5)10(13)16)12(18)14(2)11(7)17;3*1-2/h3-4H,1-2H3;3*1-2H3. The molecule has 2 heterocycles. The second kappa shape index (κ2) is 8.96. The Labute approximate surface area is 140 Å². The molecule has 6 nitrogen and oxygen atoms in total.